The standard InChI is InChI=1S/C18H22N2O3S/c1-4-17-19-13(11-24-17)10-16(21)20-18(2,3)12-5-6-14-15(9-12)23-8-7-22-14/h5-6,9,11H,4,7-8,10H2,1-3H3,(H,20,21). The molecule has 1 aromatic carbocycles. The summed E-state index contributed by atoms with van der Waals surface area (Å²) >= 11 is 1.60. The Bertz CT molecular complexity index is 740. The molecule has 0 unspecified atom stereocenters. The highest BCUT2D eigenvalue weighted by molar-refractivity contribution is 7.09. The fourth-order valence-corrected chi connectivity index (χ4v) is 3.40. The summed E-state index contributed by atoms with van der Waals surface area (Å²) < 4.78 is 11.2. The van der Waals surface area contributed by atoms with E-state index in [9.17, 15) is 4.79 Å². The van der Waals surface area contributed by atoms with Crippen LogP contribution >= 0.6 is 11.3 Å². The molecule has 5 nitrogen and oxygen atoms in total. The molecule has 0 fully saturated rings. The number of rotatable bonds is 5. The minimum atomic E-state index is -0.503. The third kappa shape index (κ3) is 3.70. The number of hydrogen-bond donors (Lipinski definition) is 1. The molecular formula is C18H22N2O3S. The number of ether oxygens (including phenoxy) is 2. The molecule has 0 spiro atoms. The summed E-state index contributed by atoms with van der Waals surface area (Å²) in [5.41, 5.74) is 1.30. The van der Waals surface area contributed by atoms with Gasteiger partial charge in [0.25, 0.3) is 0 Å². The summed E-state index contributed by atoms with van der Waals surface area (Å²) in [5, 5.41) is 6.10. The maximum absolute atomic E-state index is 12.4. The van der Waals surface area contributed by atoms with E-state index in [2.05, 4.69) is 17.2 Å². The molecule has 0 bridgehead atoms. The van der Waals surface area contributed by atoms with Gasteiger partial charge in [-0.3, -0.25) is 4.79 Å². The van der Waals surface area contributed by atoms with Crippen molar-refractivity contribution in [2.45, 2.75) is 39.2 Å². The van der Waals surface area contributed by atoms with Crippen LogP contribution < -0.4 is 14.8 Å². The molecule has 24 heavy (non-hydrogen) atoms. The van der Waals surface area contributed by atoms with Gasteiger partial charge in [-0.2, -0.15) is 0 Å². The molecule has 1 aliphatic rings. The summed E-state index contributed by atoms with van der Waals surface area (Å²) in [5.74, 6) is 1.44. The Labute approximate surface area is 146 Å². The van der Waals surface area contributed by atoms with Crippen LogP contribution in [-0.2, 0) is 23.2 Å². The third-order valence-electron chi connectivity index (χ3n) is 3.96. The third-order valence-corrected chi connectivity index (χ3v) is 5.00. The second-order valence-corrected chi connectivity index (χ2v) is 7.24. The summed E-state index contributed by atoms with van der Waals surface area (Å²) in [6, 6.07) is 5.80. The van der Waals surface area contributed by atoms with E-state index in [0.717, 1.165) is 34.2 Å². The number of thiazole rings is 1. The van der Waals surface area contributed by atoms with Gasteiger partial charge < -0.3 is 14.8 Å². The lowest BCUT2D eigenvalue weighted by molar-refractivity contribution is -0.122. The second-order valence-electron chi connectivity index (χ2n) is 6.29. The largest absolute Gasteiger partial charge is 0.486 e. The van der Waals surface area contributed by atoms with Gasteiger partial charge in [-0.15, -0.1) is 11.3 Å². The average molecular weight is 346 g/mol. The average Bonchev–Trinajstić information content (AvgIpc) is 3.01. The number of aromatic nitrogens is 1. The number of carbonyl (C=O) groups is 1. The van der Waals surface area contributed by atoms with Crippen LogP contribution in [0.1, 0.15) is 37.0 Å². The lowest BCUT2D eigenvalue weighted by Gasteiger charge is -2.28. The van der Waals surface area contributed by atoms with Gasteiger partial charge in [-0.05, 0) is 38.0 Å². The number of nitrogens with zero attached hydrogens (tertiary/aromatic N) is 1. The molecule has 1 aliphatic heterocycles. The number of fused-ring (bicyclic) bond motifs is 1. The van der Waals surface area contributed by atoms with Crippen molar-refractivity contribution in [1.82, 2.24) is 10.3 Å². The minimum absolute atomic E-state index is 0.0390. The number of benzene rings is 1. The van der Waals surface area contributed by atoms with Crippen molar-refractivity contribution in [3.05, 3.63) is 39.8 Å². The van der Waals surface area contributed by atoms with Crippen LogP contribution in [0, 0.1) is 0 Å². The zero-order valence-corrected chi connectivity index (χ0v) is 15.0. The van der Waals surface area contributed by atoms with Crippen LogP contribution in [0.2, 0.25) is 0 Å². The molecule has 0 radical (unpaired) electrons. The molecule has 2 heterocycles. The molecular weight excluding hydrogens is 324 g/mol. The first-order chi connectivity index (χ1) is 11.5. The van der Waals surface area contributed by atoms with Gasteiger partial charge in [-0.25, -0.2) is 4.98 Å². The highest BCUT2D eigenvalue weighted by atomic mass is 32.1. The summed E-state index contributed by atoms with van der Waals surface area (Å²) in [6.07, 6.45) is 1.19. The number of carbonyl (C=O) groups excluding carboxylic acids is 1. The van der Waals surface area contributed by atoms with Crippen LogP contribution in [0.15, 0.2) is 23.6 Å². The van der Waals surface area contributed by atoms with Crippen molar-refractivity contribution in [1.29, 1.82) is 0 Å². The van der Waals surface area contributed by atoms with E-state index in [0.29, 0.717) is 19.6 Å². The topological polar surface area (TPSA) is 60.5 Å². The number of aryl methyl sites for hydroxylation is 1. The Morgan fingerprint density at radius 2 is 2.04 bits per heavy atom. The Hall–Kier alpha value is -2.08. The highest BCUT2D eigenvalue weighted by Gasteiger charge is 2.25. The molecule has 0 atom stereocenters. The van der Waals surface area contributed by atoms with Gasteiger partial charge >= 0.3 is 0 Å². The van der Waals surface area contributed by atoms with Gasteiger partial charge in [0, 0.05) is 5.38 Å². The Morgan fingerprint density at radius 1 is 1.29 bits per heavy atom. The maximum Gasteiger partial charge on any atom is 0.226 e. The SMILES string of the molecule is CCc1nc(CC(=O)NC(C)(C)c2ccc3c(c2)OCCO3)cs1. The zero-order valence-electron chi connectivity index (χ0n) is 14.2. The first-order valence-electron chi connectivity index (χ1n) is 8.12. The lowest BCUT2D eigenvalue weighted by Crippen LogP contribution is -2.41. The molecule has 2 aromatic rings. The summed E-state index contributed by atoms with van der Waals surface area (Å²) in [6.45, 7) is 7.14. The Kier molecular flexibility index (Phi) is 4.76. The molecule has 0 aliphatic carbocycles. The molecule has 3 rings (SSSR count). The quantitative estimate of drug-likeness (QED) is 0.904. The van der Waals surface area contributed by atoms with Crippen molar-refractivity contribution < 1.29 is 14.3 Å². The van der Waals surface area contributed by atoms with Gasteiger partial charge in [0.05, 0.1) is 22.7 Å². The molecule has 1 N–H and O–H groups in total. The van der Waals surface area contributed by atoms with Crippen LogP contribution in [0.5, 0.6) is 11.5 Å². The maximum atomic E-state index is 12.4. The van der Waals surface area contributed by atoms with E-state index in [1.54, 1.807) is 11.3 Å². The first-order valence-corrected chi connectivity index (χ1v) is 9.00. The lowest BCUT2D eigenvalue weighted by atomic mass is 9.93. The van der Waals surface area contributed by atoms with Gasteiger partial charge in [0.2, 0.25) is 5.91 Å². The van der Waals surface area contributed by atoms with Crippen molar-refractivity contribution >= 4 is 17.2 Å². The summed E-state index contributed by atoms with van der Waals surface area (Å²) in [7, 11) is 0. The van der Waals surface area contributed by atoms with E-state index in [4.69, 9.17) is 9.47 Å². The predicted molar refractivity (Wildman–Crippen MR) is 93.8 cm³/mol. The predicted octanol–water partition coefficient (Wildman–Crippen LogP) is 3.07. The Balaban J connectivity index is 1.69. The Morgan fingerprint density at radius 3 is 2.75 bits per heavy atom. The fourth-order valence-electron chi connectivity index (χ4n) is 2.65. The molecule has 128 valence electrons. The van der Waals surface area contributed by atoms with Crippen LogP contribution in [0.25, 0.3) is 0 Å². The normalized spacial score (nSPS) is 13.6. The highest BCUT2D eigenvalue weighted by Crippen LogP contribution is 2.34. The second kappa shape index (κ2) is 6.81. The van der Waals surface area contributed by atoms with E-state index < -0.39 is 5.54 Å². The minimum Gasteiger partial charge on any atom is -0.486 e. The zero-order chi connectivity index (χ0) is 17.2. The van der Waals surface area contributed by atoms with Gasteiger partial charge in [-0.1, -0.05) is 13.0 Å². The van der Waals surface area contributed by atoms with Crippen molar-refractivity contribution in [3.63, 3.8) is 0 Å². The van der Waals surface area contributed by atoms with E-state index >= 15 is 0 Å². The molecule has 1 amide bonds. The smallest absolute Gasteiger partial charge is 0.226 e. The van der Waals surface area contributed by atoms with Crippen molar-refractivity contribution in [2.24, 2.45) is 0 Å². The molecule has 0 saturated heterocycles. The van der Waals surface area contributed by atoms with Crippen LogP contribution in [-0.4, -0.2) is 24.1 Å². The number of amides is 1. The van der Waals surface area contributed by atoms with E-state index in [1.807, 2.05) is 37.4 Å². The number of nitrogens with one attached hydrogen (secondary N) is 1. The molecule has 1 aromatic heterocycles. The first kappa shape index (κ1) is 16.8. The van der Waals surface area contributed by atoms with Crippen LogP contribution in [0.3, 0.4) is 0 Å². The van der Waals surface area contributed by atoms with E-state index in [-0.39, 0.29) is 5.91 Å². The van der Waals surface area contributed by atoms with Gasteiger partial charge in [0.15, 0.2) is 11.5 Å². The fraction of sp³-hybridized carbons (Fsp3) is 0.444. The molecule has 6 heteroatoms. The van der Waals surface area contributed by atoms with E-state index in [1.165, 1.54) is 0 Å². The van der Waals surface area contributed by atoms with Crippen molar-refractivity contribution in [2.75, 3.05) is 13.2 Å². The van der Waals surface area contributed by atoms with Crippen LogP contribution in [0.4, 0.5) is 0 Å². The summed E-state index contributed by atoms with van der Waals surface area (Å²) in [4.78, 5) is 16.8. The van der Waals surface area contributed by atoms with Crippen molar-refractivity contribution in [3.8, 4) is 11.5 Å². The van der Waals surface area contributed by atoms with Gasteiger partial charge in [0.1, 0.15) is 13.2 Å². The number of hydrogen-bond acceptors (Lipinski definition) is 5. The monoisotopic (exact) mass is 346 g/mol. The molecule has 0 saturated carbocycles.